The Balaban J connectivity index is 1.42. The second-order valence-corrected chi connectivity index (χ2v) is 8.00. The average Bonchev–Trinajstić information content (AvgIpc) is 3.32. The number of pyridine rings is 1. The van der Waals surface area contributed by atoms with E-state index in [0.717, 1.165) is 38.4 Å². The number of H-pyrrole nitrogens is 1. The van der Waals surface area contributed by atoms with Crippen LogP contribution in [-0.2, 0) is 6.54 Å². The minimum Gasteiger partial charge on any atom is -0.494 e. The lowest BCUT2D eigenvalue weighted by atomic mass is 10.0. The van der Waals surface area contributed by atoms with Gasteiger partial charge in [0, 0.05) is 44.5 Å². The number of rotatable bonds is 7. The molecule has 1 aromatic carbocycles. The fourth-order valence-electron chi connectivity index (χ4n) is 3.59. The van der Waals surface area contributed by atoms with Crippen molar-refractivity contribution in [2.75, 3.05) is 38.6 Å². The summed E-state index contributed by atoms with van der Waals surface area (Å²) in [6.07, 6.45) is 2.93. The van der Waals surface area contributed by atoms with E-state index in [0.29, 0.717) is 5.69 Å². The van der Waals surface area contributed by atoms with Crippen LogP contribution in [0.15, 0.2) is 42.7 Å². The van der Waals surface area contributed by atoms with E-state index >= 15 is 0 Å². The molecule has 3 aromatic rings. The van der Waals surface area contributed by atoms with Crippen molar-refractivity contribution in [3.8, 4) is 5.75 Å². The molecule has 0 spiro atoms. The number of methoxy groups -OCH3 is 1. The molecule has 1 aliphatic rings. The molecule has 8 nitrogen and oxygen atoms in total. The van der Waals surface area contributed by atoms with Crippen LogP contribution < -0.4 is 15.4 Å². The molecule has 0 atom stereocenters. The van der Waals surface area contributed by atoms with E-state index in [4.69, 9.17) is 16.3 Å². The van der Waals surface area contributed by atoms with Crippen molar-refractivity contribution in [1.82, 2.24) is 20.2 Å². The Kier molecular flexibility index (Phi) is 7.02. The number of anilines is 1. The van der Waals surface area contributed by atoms with E-state index in [1.54, 1.807) is 12.3 Å². The van der Waals surface area contributed by atoms with Gasteiger partial charge in [0.2, 0.25) is 0 Å². The number of hydrogen-bond acceptors (Lipinski definition) is 6. The van der Waals surface area contributed by atoms with Crippen LogP contribution in [-0.4, -0.2) is 59.8 Å². The number of hydrogen-bond donors (Lipinski definition) is 3. The lowest BCUT2D eigenvalue weighted by Gasteiger charge is -2.26. The van der Waals surface area contributed by atoms with E-state index < -0.39 is 17.5 Å². The number of carbonyl (C=O) groups is 2. The van der Waals surface area contributed by atoms with Gasteiger partial charge < -0.3 is 20.4 Å². The van der Waals surface area contributed by atoms with E-state index in [1.807, 2.05) is 6.07 Å². The van der Waals surface area contributed by atoms with Gasteiger partial charge in [-0.1, -0.05) is 11.6 Å². The lowest BCUT2D eigenvalue weighted by molar-refractivity contribution is 0.102. The molecule has 1 aliphatic heterocycles. The Morgan fingerprint density at radius 1 is 1.24 bits per heavy atom. The Bertz CT molecular complexity index is 1160. The van der Waals surface area contributed by atoms with E-state index in [9.17, 15) is 14.0 Å². The zero-order valence-electron chi connectivity index (χ0n) is 18.0. The number of halogens is 2. The molecule has 1 saturated heterocycles. The number of ether oxygens (including phenoxy) is 1. The number of carbonyl (C=O) groups excluding carboxylic acids is 2. The molecule has 3 heterocycles. The molecular weight excluding hydrogens is 449 g/mol. The van der Waals surface area contributed by atoms with Crippen LogP contribution in [0.1, 0.15) is 32.1 Å². The summed E-state index contributed by atoms with van der Waals surface area (Å²) in [5.74, 6) is -2.06. The largest absolute Gasteiger partial charge is 0.494 e. The van der Waals surface area contributed by atoms with Crippen molar-refractivity contribution in [1.29, 1.82) is 0 Å². The SMILES string of the molecule is COc1ccc(Cl)c(C(=O)c2c[nH]c(C(=O)Nc3ccc(CN4CCNCC4)nc3)c2)c1F. The van der Waals surface area contributed by atoms with Crippen molar-refractivity contribution >= 4 is 29.0 Å². The maximum absolute atomic E-state index is 14.6. The first-order chi connectivity index (χ1) is 16.0. The standard InChI is InChI=1S/C23H23ClFN5O3/c1-33-19-5-4-17(24)20(21(19)25)22(31)14-10-18(28-11-14)23(32)29-15-2-3-16(27-12-15)13-30-8-6-26-7-9-30/h2-5,10-12,26,28H,6-9,13H2,1H3,(H,29,32). The molecule has 10 heteroatoms. The Hall–Kier alpha value is -3.27. The summed E-state index contributed by atoms with van der Waals surface area (Å²) in [5.41, 5.74) is 1.36. The second-order valence-electron chi connectivity index (χ2n) is 7.59. The maximum atomic E-state index is 14.6. The van der Waals surface area contributed by atoms with Crippen LogP contribution >= 0.6 is 11.6 Å². The van der Waals surface area contributed by atoms with Gasteiger partial charge in [0.05, 0.1) is 35.3 Å². The number of ketones is 1. The van der Waals surface area contributed by atoms with Gasteiger partial charge in [-0.3, -0.25) is 19.5 Å². The van der Waals surface area contributed by atoms with Crippen molar-refractivity contribution in [3.05, 3.63) is 76.1 Å². The highest BCUT2D eigenvalue weighted by Gasteiger charge is 2.23. The topological polar surface area (TPSA) is 99.3 Å². The third-order valence-electron chi connectivity index (χ3n) is 5.37. The molecule has 0 aliphatic carbocycles. The molecule has 2 aromatic heterocycles. The van der Waals surface area contributed by atoms with Crippen LogP contribution in [0, 0.1) is 5.82 Å². The van der Waals surface area contributed by atoms with Gasteiger partial charge in [-0.05, 0) is 30.3 Å². The summed E-state index contributed by atoms with van der Waals surface area (Å²) in [6.45, 7) is 4.62. The van der Waals surface area contributed by atoms with Gasteiger partial charge in [0.1, 0.15) is 5.69 Å². The second kappa shape index (κ2) is 10.1. The molecule has 172 valence electrons. The maximum Gasteiger partial charge on any atom is 0.272 e. The molecular formula is C23H23ClFN5O3. The molecule has 0 unspecified atom stereocenters. The smallest absolute Gasteiger partial charge is 0.272 e. The minimum absolute atomic E-state index is 0.0440. The molecule has 3 N–H and O–H groups in total. The Morgan fingerprint density at radius 2 is 2.03 bits per heavy atom. The fourth-order valence-corrected chi connectivity index (χ4v) is 3.82. The van der Waals surface area contributed by atoms with Gasteiger partial charge in [0.15, 0.2) is 17.3 Å². The highest BCUT2D eigenvalue weighted by atomic mass is 35.5. The normalized spacial score (nSPS) is 14.2. The summed E-state index contributed by atoms with van der Waals surface area (Å²) >= 11 is 6.04. The number of nitrogens with zero attached hydrogens (tertiary/aromatic N) is 2. The predicted molar refractivity (Wildman–Crippen MR) is 123 cm³/mol. The van der Waals surface area contributed by atoms with E-state index in [2.05, 4.69) is 25.5 Å². The predicted octanol–water partition coefficient (Wildman–Crippen LogP) is 3.10. The molecule has 1 amide bonds. The monoisotopic (exact) mass is 471 g/mol. The summed E-state index contributed by atoms with van der Waals surface area (Å²) in [4.78, 5) is 34.9. The minimum atomic E-state index is -0.853. The number of nitrogens with one attached hydrogen (secondary N) is 3. The summed E-state index contributed by atoms with van der Waals surface area (Å²) in [7, 11) is 1.30. The first kappa shape index (κ1) is 22.9. The first-order valence-corrected chi connectivity index (χ1v) is 10.8. The van der Waals surface area contributed by atoms with Gasteiger partial charge >= 0.3 is 0 Å². The zero-order chi connectivity index (χ0) is 23.4. The van der Waals surface area contributed by atoms with Gasteiger partial charge in [-0.15, -0.1) is 0 Å². The molecule has 0 radical (unpaired) electrons. The molecule has 1 fully saturated rings. The van der Waals surface area contributed by atoms with Crippen LogP contribution in [0.3, 0.4) is 0 Å². The summed E-state index contributed by atoms with van der Waals surface area (Å²) in [6, 6.07) is 7.72. The first-order valence-electron chi connectivity index (χ1n) is 10.4. The third-order valence-corrected chi connectivity index (χ3v) is 5.69. The van der Waals surface area contributed by atoms with E-state index in [-0.39, 0.29) is 27.6 Å². The number of amides is 1. The molecule has 4 rings (SSSR count). The van der Waals surface area contributed by atoms with Crippen molar-refractivity contribution in [2.45, 2.75) is 6.54 Å². The number of piperazine rings is 1. The molecule has 0 bridgehead atoms. The van der Waals surface area contributed by atoms with Crippen molar-refractivity contribution in [2.24, 2.45) is 0 Å². The Labute approximate surface area is 195 Å². The van der Waals surface area contributed by atoms with Gasteiger partial charge in [-0.25, -0.2) is 4.39 Å². The average molecular weight is 472 g/mol. The van der Waals surface area contributed by atoms with Crippen LogP contribution in [0.5, 0.6) is 5.75 Å². The fraction of sp³-hybridized carbons (Fsp3) is 0.261. The highest BCUT2D eigenvalue weighted by molar-refractivity contribution is 6.35. The highest BCUT2D eigenvalue weighted by Crippen LogP contribution is 2.29. The van der Waals surface area contributed by atoms with Crippen LogP contribution in [0.2, 0.25) is 5.02 Å². The quantitative estimate of drug-likeness (QED) is 0.458. The summed E-state index contributed by atoms with van der Waals surface area (Å²) in [5, 5.41) is 6.00. The van der Waals surface area contributed by atoms with Gasteiger partial charge in [-0.2, -0.15) is 0 Å². The number of aromatic amines is 1. The van der Waals surface area contributed by atoms with Crippen molar-refractivity contribution < 1.29 is 18.7 Å². The third kappa shape index (κ3) is 5.22. The van der Waals surface area contributed by atoms with Crippen molar-refractivity contribution in [3.63, 3.8) is 0 Å². The van der Waals surface area contributed by atoms with E-state index in [1.165, 1.54) is 31.5 Å². The number of benzene rings is 1. The Morgan fingerprint density at radius 3 is 2.73 bits per heavy atom. The zero-order valence-corrected chi connectivity index (χ0v) is 18.7. The summed E-state index contributed by atoms with van der Waals surface area (Å²) < 4.78 is 19.5. The lowest BCUT2D eigenvalue weighted by Crippen LogP contribution is -2.43. The van der Waals surface area contributed by atoms with Crippen LogP contribution in [0.4, 0.5) is 10.1 Å². The molecule has 33 heavy (non-hydrogen) atoms. The van der Waals surface area contributed by atoms with Gasteiger partial charge in [0.25, 0.3) is 5.91 Å². The van der Waals surface area contributed by atoms with Crippen LogP contribution in [0.25, 0.3) is 0 Å². The number of aromatic nitrogens is 2. The molecule has 0 saturated carbocycles.